The summed E-state index contributed by atoms with van der Waals surface area (Å²) in [5, 5.41) is 3.23. The highest BCUT2D eigenvalue weighted by atomic mass is 16.5. The van der Waals surface area contributed by atoms with Gasteiger partial charge in [-0.1, -0.05) is 39.8 Å². The molecule has 0 aromatic heterocycles. The number of carbonyl (C=O) groups is 1. The fourth-order valence-corrected chi connectivity index (χ4v) is 2.02. The number of methoxy groups -OCH3 is 1. The van der Waals surface area contributed by atoms with Gasteiger partial charge >= 0.3 is 5.97 Å². The van der Waals surface area contributed by atoms with Crippen molar-refractivity contribution < 1.29 is 9.53 Å². The van der Waals surface area contributed by atoms with E-state index in [-0.39, 0.29) is 12.0 Å². The molecule has 1 atom stereocenters. The number of hydrogen-bond donors (Lipinski definition) is 1. The van der Waals surface area contributed by atoms with Gasteiger partial charge in [-0.25, -0.2) is 4.79 Å². The second-order valence-electron chi connectivity index (χ2n) is 5.55. The maximum Gasteiger partial charge on any atom is 0.327 e. The SMILES string of the molecule is COC(=O)C(C)Nc1ccc(C(C)C)cc1C(C)C. The van der Waals surface area contributed by atoms with Crippen LogP contribution in [0.15, 0.2) is 18.2 Å². The zero-order valence-corrected chi connectivity index (χ0v) is 12.8. The zero-order valence-electron chi connectivity index (χ0n) is 12.8. The van der Waals surface area contributed by atoms with Gasteiger partial charge in [0.1, 0.15) is 6.04 Å². The molecule has 0 aliphatic rings. The van der Waals surface area contributed by atoms with Crippen molar-refractivity contribution in [1.82, 2.24) is 0 Å². The van der Waals surface area contributed by atoms with Gasteiger partial charge in [-0.15, -0.1) is 0 Å². The van der Waals surface area contributed by atoms with Gasteiger partial charge in [-0.2, -0.15) is 0 Å². The van der Waals surface area contributed by atoms with Crippen LogP contribution in [0.4, 0.5) is 5.69 Å². The van der Waals surface area contributed by atoms with E-state index in [2.05, 4.69) is 51.2 Å². The van der Waals surface area contributed by atoms with E-state index in [4.69, 9.17) is 4.74 Å². The Morgan fingerprint density at radius 3 is 2.21 bits per heavy atom. The minimum Gasteiger partial charge on any atom is -0.467 e. The number of benzene rings is 1. The van der Waals surface area contributed by atoms with Crippen LogP contribution < -0.4 is 5.32 Å². The average molecular weight is 263 g/mol. The lowest BCUT2D eigenvalue weighted by Crippen LogP contribution is -2.27. The fourth-order valence-electron chi connectivity index (χ4n) is 2.02. The summed E-state index contributed by atoms with van der Waals surface area (Å²) in [6.45, 7) is 10.5. The van der Waals surface area contributed by atoms with Crippen LogP contribution in [0.1, 0.15) is 57.6 Å². The first-order chi connectivity index (χ1) is 8.86. The predicted molar refractivity (Wildman–Crippen MR) is 79.7 cm³/mol. The van der Waals surface area contributed by atoms with Gasteiger partial charge < -0.3 is 10.1 Å². The lowest BCUT2D eigenvalue weighted by molar-refractivity contribution is -0.141. The zero-order chi connectivity index (χ0) is 14.6. The third-order valence-electron chi connectivity index (χ3n) is 3.29. The Balaban J connectivity index is 3.03. The molecular formula is C16H25NO2. The van der Waals surface area contributed by atoms with Gasteiger partial charge in [0.2, 0.25) is 0 Å². The molecular weight excluding hydrogens is 238 g/mol. The molecule has 0 amide bonds. The highest BCUT2D eigenvalue weighted by Crippen LogP contribution is 2.28. The fraction of sp³-hybridized carbons (Fsp3) is 0.562. The number of esters is 1. The van der Waals surface area contributed by atoms with E-state index in [1.54, 1.807) is 0 Å². The van der Waals surface area contributed by atoms with Gasteiger partial charge in [0.25, 0.3) is 0 Å². The minimum atomic E-state index is -0.340. The standard InChI is InChI=1S/C16H25NO2/c1-10(2)13-7-8-15(14(9-13)11(3)4)17-12(5)16(18)19-6/h7-12,17H,1-6H3. The van der Waals surface area contributed by atoms with Crippen LogP contribution in [-0.2, 0) is 9.53 Å². The van der Waals surface area contributed by atoms with E-state index < -0.39 is 0 Å². The molecule has 1 N–H and O–H groups in total. The molecule has 0 bridgehead atoms. The molecule has 0 heterocycles. The van der Waals surface area contributed by atoms with Crippen LogP contribution >= 0.6 is 0 Å². The molecule has 0 saturated heterocycles. The lowest BCUT2D eigenvalue weighted by atomic mass is 9.94. The molecule has 0 aliphatic heterocycles. The number of ether oxygens (including phenoxy) is 1. The molecule has 0 radical (unpaired) electrons. The Morgan fingerprint density at radius 2 is 1.74 bits per heavy atom. The second-order valence-corrected chi connectivity index (χ2v) is 5.55. The van der Waals surface area contributed by atoms with Crippen molar-refractivity contribution in [1.29, 1.82) is 0 Å². The Kier molecular flexibility index (Phi) is 5.40. The maximum absolute atomic E-state index is 11.5. The molecule has 1 aromatic rings. The van der Waals surface area contributed by atoms with Gasteiger partial charge in [0.05, 0.1) is 7.11 Å². The van der Waals surface area contributed by atoms with E-state index in [9.17, 15) is 4.79 Å². The topological polar surface area (TPSA) is 38.3 Å². The number of hydrogen-bond acceptors (Lipinski definition) is 3. The van der Waals surface area contributed by atoms with E-state index in [1.807, 2.05) is 6.92 Å². The smallest absolute Gasteiger partial charge is 0.327 e. The number of carbonyl (C=O) groups excluding carboxylic acids is 1. The van der Waals surface area contributed by atoms with E-state index in [0.717, 1.165) is 5.69 Å². The first-order valence-corrected chi connectivity index (χ1v) is 6.85. The number of nitrogens with one attached hydrogen (secondary N) is 1. The van der Waals surface area contributed by atoms with Crippen molar-refractivity contribution in [3.8, 4) is 0 Å². The molecule has 1 unspecified atom stereocenters. The van der Waals surface area contributed by atoms with Crippen molar-refractivity contribution >= 4 is 11.7 Å². The summed E-state index contributed by atoms with van der Waals surface area (Å²) in [4.78, 5) is 11.5. The number of anilines is 1. The Labute approximate surface area is 116 Å². The normalized spacial score (nSPS) is 12.6. The monoisotopic (exact) mass is 263 g/mol. The summed E-state index contributed by atoms with van der Waals surface area (Å²) in [7, 11) is 1.41. The molecule has 0 saturated carbocycles. The molecule has 19 heavy (non-hydrogen) atoms. The maximum atomic E-state index is 11.5. The van der Waals surface area contributed by atoms with Crippen molar-refractivity contribution in [2.45, 2.75) is 52.5 Å². The van der Waals surface area contributed by atoms with Crippen molar-refractivity contribution in [2.24, 2.45) is 0 Å². The number of rotatable bonds is 5. The van der Waals surface area contributed by atoms with Crippen LogP contribution in [0.3, 0.4) is 0 Å². The summed E-state index contributed by atoms with van der Waals surface area (Å²) in [5.41, 5.74) is 3.57. The van der Waals surface area contributed by atoms with E-state index in [1.165, 1.54) is 18.2 Å². The third kappa shape index (κ3) is 3.98. The van der Waals surface area contributed by atoms with Crippen LogP contribution in [0, 0.1) is 0 Å². The average Bonchev–Trinajstić information content (AvgIpc) is 2.37. The van der Waals surface area contributed by atoms with Crippen LogP contribution in [0.2, 0.25) is 0 Å². The highest BCUT2D eigenvalue weighted by Gasteiger charge is 2.16. The quantitative estimate of drug-likeness (QED) is 0.819. The van der Waals surface area contributed by atoms with Crippen molar-refractivity contribution in [2.75, 3.05) is 12.4 Å². The molecule has 1 aromatic carbocycles. The lowest BCUT2D eigenvalue weighted by Gasteiger charge is -2.20. The summed E-state index contributed by atoms with van der Waals surface area (Å²) < 4.78 is 4.75. The van der Waals surface area contributed by atoms with Gasteiger partial charge in [-0.05, 0) is 36.0 Å². The summed E-state index contributed by atoms with van der Waals surface area (Å²) in [6.07, 6.45) is 0. The van der Waals surface area contributed by atoms with E-state index in [0.29, 0.717) is 11.8 Å². The molecule has 0 fully saturated rings. The minimum absolute atomic E-state index is 0.248. The van der Waals surface area contributed by atoms with Crippen molar-refractivity contribution in [3.05, 3.63) is 29.3 Å². The first-order valence-electron chi connectivity index (χ1n) is 6.85. The highest BCUT2D eigenvalue weighted by molar-refractivity contribution is 5.79. The van der Waals surface area contributed by atoms with Crippen LogP contribution in [0.25, 0.3) is 0 Å². The Bertz CT molecular complexity index is 438. The molecule has 0 aliphatic carbocycles. The first kappa shape index (κ1) is 15.5. The summed E-state index contributed by atoms with van der Waals surface area (Å²) >= 11 is 0. The van der Waals surface area contributed by atoms with Gasteiger partial charge in [0.15, 0.2) is 0 Å². The predicted octanol–water partition coefficient (Wildman–Crippen LogP) is 3.91. The summed E-state index contributed by atoms with van der Waals surface area (Å²) in [6, 6.07) is 6.06. The van der Waals surface area contributed by atoms with Crippen LogP contribution in [0.5, 0.6) is 0 Å². The van der Waals surface area contributed by atoms with Gasteiger partial charge in [-0.3, -0.25) is 0 Å². The van der Waals surface area contributed by atoms with Crippen LogP contribution in [-0.4, -0.2) is 19.1 Å². The summed E-state index contributed by atoms with van der Waals surface area (Å²) in [5.74, 6) is 0.665. The van der Waals surface area contributed by atoms with Crippen molar-refractivity contribution in [3.63, 3.8) is 0 Å². The molecule has 0 spiro atoms. The van der Waals surface area contributed by atoms with E-state index >= 15 is 0 Å². The molecule has 3 nitrogen and oxygen atoms in total. The van der Waals surface area contributed by atoms with Gasteiger partial charge in [0, 0.05) is 5.69 Å². The largest absolute Gasteiger partial charge is 0.467 e. The third-order valence-corrected chi connectivity index (χ3v) is 3.29. The Hall–Kier alpha value is -1.51. The molecule has 3 heteroatoms. The molecule has 1 rings (SSSR count). The Morgan fingerprint density at radius 1 is 1.11 bits per heavy atom. The second kappa shape index (κ2) is 6.60. The molecule has 106 valence electrons.